The van der Waals surface area contributed by atoms with Crippen molar-refractivity contribution >= 4 is 34.7 Å². The van der Waals surface area contributed by atoms with Gasteiger partial charge in [0, 0.05) is 11.1 Å². The number of halogens is 1. The van der Waals surface area contributed by atoms with Crippen molar-refractivity contribution in [3.63, 3.8) is 0 Å². The number of nitrogens with one attached hydrogen (secondary N) is 1. The number of hydrogen-bond acceptors (Lipinski definition) is 4. The minimum Gasteiger partial charge on any atom is -0.478 e. The number of aromatic carboxylic acids is 1. The standard InChI is InChI=1S/C12H11ClN2O2S/c1-7-2-3-18-10(7)6-15-11-9(13)4-8(5-14-11)12(16)17/h2-5H,6H2,1H3,(H,14,15)(H,16,17). The second kappa shape index (κ2) is 5.37. The van der Waals surface area contributed by atoms with Crippen LogP contribution in [0.15, 0.2) is 23.7 Å². The van der Waals surface area contributed by atoms with E-state index >= 15 is 0 Å². The molecule has 0 aromatic carbocycles. The Balaban J connectivity index is 2.11. The zero-order valence-corrected chi connectivity index (χ0v) is 11.2. The van der Waals surface area contributed by atoms with Crippen LogP contribution in [0.1, 0.15) is 20.8 Å². The summed E-state index contributed by atoms with van der Waals surface area (Å²) in [7, 11) is 0. The first-order valence-corrected chi connectivity index (χ1v) is 6.49. The minimum atomic E-state index is -1.04. The van der Waals surface area contributed by atoms with Crippen LogP contribution in [-0.2, 0) is 6.54 Å². The summed E-state index contributed by atoms with van der Waals surface area (Å²) in [5, 5.41) is 14.2. The summed E-state index contributed by atoms with van der Waals surface area (Å²) in [5.74, 6) is -0.542. The highest BCUT2D eigenvalue weighted by Crippen LogP contribution is 2.22. The van der Waals surface area contributed by atoms with Gasteiger partial charge in [0.15, 0.2) is 0 Å². The fourth-order valence-corrected chi connectivity index (χ4v) is 2.51. The van der Waals surface area contributed by atoms with Crippen LogP contribution in [0.4, 0.5) is 5.82 Å². The predicted molar refractivity (Wildman–Crippen MR) is 72.6 cm³/mol. The maximum atomic E-state index is 10.7. The molecule has 94 valence electrons. The van der Waals surface area contributed by atoms with Gasteiger partial charge in [0.25, 0.3) is 0 Å². The van der Waals surface area contributed by atoms with Gasteiger partial charge in [-0.2, -0.15) is 0 Å². The molecular formula is C12H11ClN2O2S. The Hall–Kier alpha value is -1.59. The quantitative estimate of drug-likeness (QED) is 0.902. The van der Waals surface area contributed by atoms with Crippen molar-refractivity contribution in [3.8, 4) is 0 Å². The van der Waals surface area contributed by atoms with Crippen LogP contribution in [0.3, 0.4) is 0 Å². The number of thiophene rings is 1. The summed E-state index contributed by atoms with van der Waals surface area (Å²) in [6.45, 7) is 2.67. The van der Waals surface area contributed by atoms with E-state index in [-0.39, 0.29) is 5.56 Å². The van der Waals surface area contributed by atoms with E-state index in [9.17, 15) is 4.79 Å². The molecule has 2 aromatic heterocycles. The van der Waals surface area contributed by atoms with E-state index in [0.717, 1.165) is 0 Å². The maximum Gasteiger partial charge on any atom is 0.337 e. The molecule has 2 aromatic rings. The third-order valence-electron chi connectivity index (χ3n) is 2.47. The van der Waals surface area contributed by atoms with E-state index in [1.165, 1.54) is 22.7 Å². The third-order valence-corrected chi connectivity index (χ3v) is 3.78. The highest BCUT2D eigenvalue weighted by Gasteiger charge is 2.08. The van der Waals surface area contributed by atoms with Crippen molar-refractivity contribution in [2.45, 2.75) is 13.5 Å². The van der Waals surface area contributed by atoms with Crippen LogP contribution in [0, 0.1) is 6.92 Å². The van der Waals surface area contributed by atoms with Gasteiger partial charge in [0.2, 0.25) is 0 Å². The van der Waals surface area contributed by atoms with E-state index in [1.807, 2.05) is 18.4 Å². The Kier molecular flexibility index (Phi) is 3.84. The summed E-state index contributed by atoms with van der Waals surface area (Å²) in [6.07, 6.45) is 1.29. The van der Waals surface area contributed by atoms with E-state index in [0.29, 0.717) is 17.4 Å². The fourth-order valence-electron chi connectivity index (χ4n) is 1.43. The Morgan fingerprint density at radius 2 is 2.39 bits per heavy atom. The summed E-state index contributed by atoms with van der Waals surface area (Å²) in [4.78, 5) is 15.9. The lowest BCUT2D eigenvalue weighted by atomic mass is 10.2. The molecule has 0 bridgehead atoms. The summed E-state index contributed by atoms with van der Waals surface area (Å²) < 4.78 is 0. The zero-order chi connectivity index (χ0) is 13.1. The van der Waals surface area contributed by atoms with Gasteiger partial charge in [-0.3, -0.25) is 0 Å². The van der Waals surface area contributed by atoms with Crippen LogP contribution >= 0.6 is 22.9 Å². The number of aryl methyl sites for hydroxylation is 1. The smallest absolute Gasteiger partial charge is 0.337 e. The van der Waals surface area contributed by atoms with Gasteiger partial charge in [-0.15, -0.1) is 11.3 Å². The first-order chi connectivity index (χ1) is 8.58. The second-order valence-electron chi connectivity index (χ2n) is 3.74. The predicted octanol–water partition coefficient (Wildman–Crippen LogP) is 3.42. The number of aromatic nitrogens is 1. The molecule has 0 spiro atoms. The lowest BCUT2D eigenvalue weighted by Gasteiger charge is -2.07. The highest BCUT2D eigenvalue weighted by atomic mass is 35.5. The Labute approximate surface area is 113 Å². The molecule has 0 aliphatic carbocycles. The number of hydrogen-bond donors (Lipinski definition) is 2. The van der Waals surface area contributed by atoms with E-state index in [4.69, 9.17) is 16.7 Å². The molecule has 0 unspecified atom stereocenters. The third kappa shape index (κ3) is 2.80. The van der Waals surface area contributed by atoms with E-state index < -0.39 is 5.97 Å². The Morgan fingerprint density at radius 3 is 2.94 bits per heavy atom. The van der Waals surface area contributed by atoms with Gasteiger partial charge in [-0.25, -0.2) is 9.78 Å². The van der Waals surface area contributed by atoms with Gasteiger partial charge in [-0.05, 0) is 30.0 Å². The van der Waals surface area contributed by atoms with Crippen molar-refractivity contribution in [2.24, 2.45) is 0 Å². The topological polar surface area (TPSA) is 62.2 Å². The van der Waals surface area contributed by atoms with Gasteiger partial charge < -0.3 is 10.4 Å². The van der Waals surface area contributed by atoms with Crippen LogP contribution in [0.5, 0.6) is 0 Å². The number of anilines is 1. The van der Waals surface area contributed by atoms with Crippen molar-refractivity contribution in [1.29, 1.82) is 0 Å². The van der Waals surface area contributed by atoms with Gasteiger partial charge in [-0.1, -0.05) is 11.6 Å². The number of carboxylic acids is 1. The number of rotatable bonds is 4. The molecule has 6 heteroatoms. The molecule has 0 fully saturated rings. The van der Waals surface area contributed by atoms with Crippen molar-refractivity contribution in [3.05, 3.63) is 44.7 Å². The molecule has 4 nitrogen and oxygen atoms in total. The lowest BCUT2D eigenvalue weighted by Crippen LogP contribution is -2.04. The lowest BCUT2D eigenvalue weighted by molar-refractivity contribution is 0.0696. The zero-order valence-electron chi connectivity index (χ0n) is 9.61. The van der Waals surface area contributed by atoms with Crippen LogP contribution in [-0.4, -0.2) is 16.1 Å². The summed E-state index contributed by atoms with van der Waals surface area (Å²) in [6, 6.07) is 3.44. The average molecular weight is 283 g/mol. The molecule has 18 heavy (non-hydrogen) atoms. The largest absolute Gasteiger partial charge is 0.478 e. The van der Waals surface area contributed by atoms with Crippen molar-refractivity contribution in [1.82, 2.24) is 4.98 Å². The highest BCUT2D eigenvalue weighted by molar-refractivity contribution is 7.10. The van der Waals surface area contributed by atoms with E-state index in [1.54, 1.807) is 11.3 Å². The minimum absolute atomic E-state index is 0.0813. The molecule has 0 saturated carbocycles. The summed E-state index contributed by atoms with van der Waals surface area (Å²) >= 11 is 7.62. The van der Waals surface area contributed by atoms with Crippen molar-refractivity contribution in [2.75, 3.05) is 5.32 Å². The molecule has 2 N–H and O–H groups in total. The Bertz CT molecular complexity index is 583. The molecule has 2 heterocycles. The molecule has 0 aliphatic rings. The van der Waals surface area contributed by atoms with Crippen LogP contribution in [0.25, 0.3) is 0 Å². The molecule has 2 rings (SSSR count). The fraction of sp³-hybridized carbons (Fsp3) is 0.167. The number of carbonyl (C=O) groups is 1. The molecule has 0 amide bonds. The summed E-state index contributed by atoms with van der Waals surface area (Å²) in [5.41, 5.74) is 1.30. The monoisotopic (exact) mass is 282 g/mol. The second-order valence-corrected chi connectivity index (χ2v) is 5.15. The van der Waals surface area contributed by atoms with Crippen molar-refractivity contribution < 1.29 is 9.90 Å². The first-order valence-electron chi connectivity index (χ1n) is 5.23. The number of nitrogens with zero attached hydrogens (tertiary/aromatic N) is 1. The molecule has 0 atom stereocenters. The average Bonchev–Trinajstić information content (AvgIpc) is 2.73. The molecule has 0 radical (unpaired) electrons. The maximum absolute atomic E-state index is 10.7. The Morgan fingerprint density at radius 1 is 1.61 bits per heavy atom. The van der Waals surface area contributed by atoms with Gasteiger partial charge in [0.05, 0.1) is 17.1 Å². The SMILES string of the molecule is Cc1ccsc1CNc1ncc(C(=O)O)cc1Cl. The van der Waals surface area contributed by atoms with Crippen LogP contribution < -0.4 is 5.32 Å². The normalized spacial score (nSPS) is 10.3. The van der Waals surface area contributed by atoms with Crippen LogP contribution in [0.2, 0.25) is 5.02 Å². The molecule has 0 aliphatic heterocycles. The first kappa shape index (κ1) is 12.9. The van der Waals surface area contributed by atoms with Gasteiger partial charge in [0.1, 0.15) is 5.82 Å². The van der Waals surface area contributed by atoms with E-state index in [2.05, 4.69) is 10.3 Å². The number of pyridine rings is 1. The molecule has 0 saturated heterocycles. The molecular weight excluding hydrogens is 272 g/mol. The van der Waals surface area contributed by atoms with Gasteiger partial charge >= 0.3 is 5.97 Å². The number of carboxylic acid groups (broad SMARTS) is 1.